The van der Waals surface area contributed by atoms with E-state index in [1.54, 1.807) is 36.4 Å². The van der Waals surface area contributed by atoms with Gasteiger partial charge in [-0.1, -0.05) is 45.7 Å². The minimum Gasteiger partial charge on any atom is -0.457 e. The molecule has 1 aliphatic rings. The highest BCUT2D eigenvalue weighted by Gasteiger charge is 2.38. The van der Waals surface area contributed by atoms with E-state index < -0.39 is 11.8 Å². The summed E-state index contributed by atoms with van der Waals surface area (Å²) in [6.07, 6.45) is 0. The number of amides is 2. The van der Waals surface area contributed by atoms with Gasteiger partial charge in [-0.3, -0.25) is 9.59 Å². The van der Waals surface area contributed by atoms with E-state index >= 15 is 0 Å². The number of halogens is 2. The highest BCUT2D eigenvalue weighted by atomic mass is 79.9. The lowest BCUT2D eigenvalue weighted by Gasteiger charge is -2.16. The summed E-state index contributed by atoms with van der Waals surface area (Å²) in [5, 5.41) is 2.78. The normalized spacial score (nSPS) is 13.8. The van der Waals surface area contributed by atoms with Crippen molar-refractivity contribution in [1.82, 2.24) is 0 Å². The van der Waals surface area contributed by atoms with Gasteiger partial charge in [-0.25, -0.2) is 4.90 Å². The molecule has 144 valence electrons. The average Bonchev–Trinajstić information content (AvgIpc) is 2.94. The molecule has 0 fully saturated rings. The number of carbonyl (C=O) groups excluding carboxylic acids is 2. The van der Waals surface area contributed by atoms with Crippen molar-refractivity contribution in [3.05, 3.63) is 94.1 Å². The lowest BCUT2D eigenvalue weighted by atomic mass is 10.2. The molecular weight excluding hydrogens is 456 g/mol. The molecule has 7 heteroatoms. The second-order valence-corrected chi connectivity index (χ2v) is 7.47. The van der Waals surface area contributed by atoms with Crippen LogP contribution in [0.4, 0.5) is 11.4 Å². The summed E-state index contributed by atoms with van der Waals surface area (Å²) < 4.78 is 6.64. The fourth-order valence-corrected chi connectivity index (χ4v) is 3.29. The van der Waals surface area contributed by atoms with Crippen molar-refractivity contribution in [2.24, 2.45) is 0 Å². The molecule has 3 aromatic rings. The Morgan fingerprint density at radius 3 is 2.07 bits per heavy atom. The zero-order valence-corrected chi connectivity index (χ0v) is 17.3. The van der Waals surface area contributed by atoms with Crippen molar-refractivity contribution in [3.63, 3.8) is 0 Å². The lowest BCUT2D eigenvalue weighted by molar-refractivity contribution is -0.120. The summed E-state index contributed by atoms with van der Waals surface area (Å²) in [5.74, 6) is 0.193. The number of imide groups is 1. The SMILES string of the molecule is O=C1C(Cl)=C(Nc2ccc(Br)cc2)C(=O)N1c1ccc(Oc2ccccc2)cc1. The van der Waals surface area contributed by atoms with Crippen LogP contribution in [0.2, 0.25) is 0 Å². The van der Waals surface area contributed by atoms with E-state index in [-0.39, 0.29) is 10.7 Å². The lowest BCUT2D eigenvalue weighted by Crippen LogP contribution is -2.32. The van der Waals surface area contributed by atoms with Crippen LogP contribution >= 0.6 is 27.5 Å². The molecule has 2 amide bonds. The molecule has 0 saturated heterocycles. The van der Waals surface area contributed by atoms with Gasteiger partial charge in [-0.05, 0) is 60.7 Å². The minimum atomic E-state index is -0.576. The maximum Gasteiger partial charge on any atom is 0.283 e. The summed E-state index contributed by atoms with van der Waals surface area (Å²) in [5.41, 5.74) is 1.10. The molecule has 0 unspecified atom stereocenters. The molecule has 5 nitrogen and oxygen atoms in total. The number of ether oxygens (including phenoxy) is 1. The fourth-order valence-electron chi connectivity index (χ4n) is 2.81. The van der Waals surface area contributed by atoms with Gasteiger partial charge in [0, 0.05) is 10.2 Å². The van der Waals surface area contributed by atoms with Gasteiger partial charge in [-0.2, -0.15) is 0 Å². The smallest absolute Gasteiger partial charge is 0.283 e. The van der Waals surface area contributed by atoms with E-state index in [1.807, 2.05) is 42.5 Å². The predicted molar refractivity (Wildman–Crippen MR) is 116 cm³/mol. The quantitative estimate of drug-likeness (QED) is 0.489. The fraction of sp³-hybridized carbons (Fsp3) is 0. The molecular formula is C22H14BrClN2O3. The number of para-hydroxylation sites is 1. The molecule has 1 N–H and O–H groups in total. The van der Waals surface area contributed by atoms with Crippen LogP contribution in [0.1, 0.15) is 0 Å². The third kappa shape index (κ3) is 4.04. The second kappa shape index (κ2) is 8.11. The Labute approximate surface area is 180 Å². The first-order valence-electron chi connectivity index (χ1n) is 8.67. The topological polar surface area (TPSA) is 58.6 Å². The molecule has 0 aliphatic carbocycles. The molecule has 0 radical (unpaired) electrons. The van der Waals surface area contributed by atoms with E-state index in [0.29, 0.717) is 22.9 Å². The van der Waals surface area contributed by atoms with Crippen LogP contribution in [0.15, 0.2) is 94.1 Å². The van der Waals surface area contributed by atoms with Gasteiger partial charge in [0.25, 0.3) is 11.8 Å². The summed E-state index contributed by atoms with van der Waals surface area (Å²) >= 11 is 9.51. The zero-order chi connectivity index (χ0) is 20.4. The van der Waals surface area contributed by atoms with Crippen molar-refractivity contribution >= 4 is 50.7 Å². The van der Waals surface area contributed by atoms with E-state index in [1.165, 1.54) is 0 Å². The number of anilines is 2. The predicted octanol–water partition coefficient (Wildman–Crippen LogP) is 5.68. The van der Waals surface area contributed by atoms with E-state index in [0.717, 1.165) is 9.37 Å². The van der Waals surface area contributed by atoms with Crippen LogP contribution in [-0.2, 0) is 9.59 Å². The Kier molecular flexibility index (Phi) is 5.38. The third-order valence-electron chi connectivity index (χ3n) is 4.21. The van der Waals surface area contributed by atoms with Gasteiger partial charge in [0.15, 0.2) is 0 Å². The number of nitrogens with one attached hydrogen (secondary N) is 1. The number of carbonyl (C=O) groups is 2. The third-order valence-corrected chi connectivity index (χ3v) is 5.09. The monoisotopic (exact) mass is 468 g/mol. The first kappa shape index (κ1) is 19.2. The summed E-state index contributed by atoms with van der Waals surface area (Å²) in [4.78, 5) is 26.5. The number of benzene rings is 3. The highest BCUT2D eigenvalue weighted by Crippen LogP contribution is 2.32. The largest absolute Gasteiger partial charge is 0.457 e. The van der Waals surface area contributed by atoms with Crippen molar-refractivity contribution < 1.29 is 14.3 Å². The molecule has 3 aromatic carbocycles. The standard InChI is InChI=1S/C22H14BrClN2O3/c23-14-6-8-15(9-7-14)25-20-19(24)21(27)26(22(20)28)16-10-12-18(13-11-16)29-17-4-2-1-3-5-17/h1-13,25H. The highest BCUT2D eigenvalue weighted by molar-refractivity contribution is 9.10. The number of rotatable bonds is 5. The van der Waals surface area contributed by atoms with Gasteiger partial charge in [0.1, 0.15) is 22.2 Å². The maximum absolute atomic E-state index is 12.8. The Bertz CT molecular complexity index is 1100. The molecule has 0 spiro atoms. The van der Waals surface area contributed by atoms with Crippen LogP contribution in [0.3, 0.4) is 0 Å². The van der Waals surface area contributed by atoms with Crippen molar-refractivity contribution in [1.29, 1.82) is 0 Å². The Hall–Kier alpha value is -3.09. The Morgan fingerprint density at radius 1 is 0.793 bits per heavy atom. The summed E-state index contributed by atoms with van der Waals surface area (Å²) in [6, 6.07) is 23.2. The molecule has 4 rings (SSSR count). The number of hydrogen-bond donors (Lipinski definition) is 1. The van der Waals surface area contributed by atoms with Crippen molar-refractivity contribution in [3.8, 4) is 11.5 Å². The molecule has 0 bridgehead atoms. The van der Waals surface area contributed by atoms with Gasteiger partial charge in [0.05, 0.1) is 5.69 Å². The first-order chi connectivity index (χ1) is 14.0. The second-order valence-electron chi connectivity index (χ2n) is 6.18. The van der Waals surface area contributed by atoms with E-state index in [4.69, 9.17) is 16.3 Å². The van der Waals surface area contributed by atoms with Gasteiger partial charge in [-0.15, -0.1) is 0 Å². The van der Waals surface area contributed by atoms with Crippen LogP contribution in [0.25, 0.3) is 0 Å². The molecule has 0 aromatic heterocycles. The average molecular weight is 470 g/mol. The van der Waals surface area contributed by atoms with E-state index in [2.05, 4.69) is 21.2 Å². The summed E-state index contributed by atoms with van der Waals surface area (Å²) in [7, 11) is 0. The maximum atomic E-state index is 12.8. The van der Waals surface area contributed by atoms with Crippen LogP contribution in [-0.4, -0.2) is 11.8 Å². The minimum absolute atomic E-state index is 0.0450. The number of nitrogens with zero attached hydrogens (tertiary/aromatic N) is 1. The van der Waals surface area contributed by atoms with Crippen molar-refractivity contribution in [2.75, 3.05) is 10.2 Å². The molecule has 1 heterocycles. The van der Waals surface area contributed by atoms with Crippen LogP contribution < -0.4 is 15.0 Å². The van der Waals surface area contributed by atoms with Crippen LogP contribution in [0.5, 0.6) is 11.5 Å². The Balaban J connectivity index is 1.52. The molecule has 29 heavy (non-hydrogen) atoms. The van der Waals surface area contributed by atoms with Gasteiger partial charge >= 0.3 is 0 Å². The van der Waals surface area contributed by atoms with Gasteiger partial charge in [0.2, 0.25) is 0 Å². The van der Waals surface area contributed by atoms with E-state index in [9.17, 15) is 9.59 Å². The number of hydrogen-bond acceptors (Lipinski definition) is 4. The Morgan fingerprint density at radius 2 is 1.41 bits per heavy atom. The molecule has 0 saturated carbocycles. The first-order valence-corrected chi connectivity index (χ1v) is 9.84. The summed E-state index contributed by atoms with van der Waals surface area (Å²) in [6.45, 7) is 0. The zero-order valence-electron chi connectivity index (χ0n) is 14.9. The molecule has 1 aliphatic heterocycles. The van der Waals surface area contributed by atoms with Crippen molar-refractivity contribution in [2.45, 2.75) is 0 Å². The van der Waals surface area contributed by atoms with Gasteiger partial charge < -0.3 is 10.1 Å². The van der Waals surface area contributed by atoms with Crippen LogP contribution in [0, 0.1) is 0 Å². The molecule has 0 atom stereocenters.